The monoisotopic (exact) mass is 222 g/mol. The van der Waals surface area contributed by atoms with Crippen molar-refractivity contribution in [3.05, 3.63) is 11.6 Å². The summed E-state index contributed by atoms with van der Waals surface area (Å²) in [6.45, 7) is 9.63. The van der Waals surface area contributed by atoms with E-state index in [9.17, 15) is 4.79 Å². The second-order valence-electron chi connectivity index (χ2n) is 6.35. The van der Waals surface area contributed by atoms with Crippen molar-refractivity contribution < 1.29 is 9.53 Å². The van der Waals surface area contributed by atoms with Crippen LogP contribution >= 0.6 is 0 Å². The van der Waals surface area contributed by atoms with Gasteiger partial charge in [0.05, 0.1) is 0 Å². The number of rotatable bonds is 2. The van der Waals surface area contributed by atoms with Crippen LogP contribution in [0.25, 0.3) is 0 Å². The Morgan fingerprint density at radius 2 is 2.06 bits per heavy atom. The van der Waals surface area contributed by atoms with Crippen LogP contribution in [0.5, 0.6) is 0 Å². The molecule has 0 saturated heterocycles. The minimum Gasteiger partial charge on any atom is -0.464 e. The van der Waals surface area contributed by atoms with Gasteiger partial charge in [-0.25, -0.2) is 0 Å². The number of hydrogen-bond donors (Lipinski definition) is 0. The van der Waals surface area contributed by atoms with Gasteiger partial charge in [-0.05, 0) is 31.1 Å². The fourth-order valence-corrected chi connectivity index (χ4v) is 3.71. The number of hydrogen-bond acceptors (Lipinski definition) is 2. The van der Waals surface area contributed by atoms with E-state index < -0.39 is 0 Å². The van der Waals surface area contributed by atoms with Crippen molar-refractivity contribution in [1.82, 2.24) is 0 Å². The van der Waals surface area contributed by atoms with Crippen molar-refractivity contribution in [1.29, 1.82) is 0 Å². The molecule has 1 saturated carbocycles. The lowest BCUT2D eigenvalue weighted by molar-refractivity contribution is -0.148. The molecule has 3 aliphatic carbocycles. The maximum absolute atomic E-state index is 10.7. The van der Waals surface area contributed by atoms with E-state index in [1.165, 1.54) is 18.4 Å². The predicted octanol–water partition coefficient (Wildman–Crippen LogP) is 3.18. The van der Waals surface area contributed by atoms with E-state index in [1.807, 2.05) is 0 Å². The van der Waals surface area contributed by atoms with Crippen LogP contribution in [0.2, 0.25) is 0 Å². The van der Waals surface area contributed by atoms with Gasteiger partial charge < -0.3 is 4.74 Å². The Labute approximate surface area is 98.1 Å². The maximum atomic E-state index is 10.7. The normalized spacial score (nSPS) is 38.1. The molecule has 0 aromatic rings. The molecule has 4 unspecified atom stereocenters. The van der Waals surface area contributed by atoms with Gasteiger partial charge in [0, 0.05) is 11.8 Å². The molecule has 0 amide bonds. The van der Waals surface area contributed by atoms with E-state index in [0.717, 1.165) is 0 Å². The smallest absolute Gasteiger partial charge is 0.293 e. The summed E-state index contributed by atoms with van der Waals surface area (Å²) in [5, 5.41) is 0. The molecule has 0 spiro atoms. The number of allylic oxidation sites excluding steroid dienone is 1. The summed E-state index contributed by atoms with van der Waals surface area (Å²) in [5.74, 6) is 1.52. The fourth-order valence-electron chi connectivity index (χ4n) is 3.71. The molecule has 3 aliphatic rings. The van der Waals surface area contributed by atoms with Crippen LogP contribution in [-0.2, 0) is 9.53 Å². The Hall–Kier alpha value is -0.790. The van der Waals surface area contributed by atoms with Gasteiger partial charge in [-0.2, -0.15) is 0 Å². The summed E-state index contributed by atoms with van der Waals surface area (Å²) in [6.07, 6.45) is 4.85. The topological polar surface area (TPSA) is 26.3 Å². The van der Waals surface area contributed by atoms with Crippen LogP contribution in [0.1, 0.15) is 40.5 Å². The van der Waals surface area contributed by atoms with Gasteiger partial charge in [0.1, 0.15) is 6.10 Å². The van der Waals surface area contributed by atoms with Crippen LogP contribution in [0, 0.1) is 23.2 Å². The van der Waals surface area contributed by atoms with Crippen molar-refractivity contribution in [3.63, 3.8) is 0 Å². The first-order valence-corrected chi connectivity index (χ1v) is 6.22. The second kappa shape index (κ2) is 3.90. The Kier molecular flexibility index (Phi) is 2.85. The summed E-state index contributed by atoms with van der Waals surface area (Å²) in [4.78, 5) is 10.7. The van der Waals surface area contributed by atoms with Crippen molar-refractivity contribution in [2.75, 3.05) is 0 Å². The van der Waals surface area contributed by atoms with E-state index >= 15 is 0 Å². The molecule has 4 atom stereocenters. The molecule has 0 aromatic heterocycles. The molecule has 0 radical (unpaired) electrons. The highest BCUT2D eigenvalue weighted by atomic mass is 16.5. The molecular formula is C14H22O2. The largest absolute Gasteiger partial charge is 0.464 e. The highest BCUT2D eigenvalue weighted by molar-refractivity contribution is 5.38. The van der Waals surface area contributed by atoms with Gasteiger partial charge in [-0.15, -0.1) is 0 Å². The van der Waals surface area contributed by atoms with Crippen molar-refractivity contribution >= 4 is 6.47 Å². The molecule has 2 bridgehead atoms. The minimum atomic E-state index is 0.0972. The summed E-state index contributed by atoms with van der Waals surface area (Å²) in [5.41, 5.74) is 1.70. The van der Waals surface area contributed by atoms with Gasteiger partial charge in [-0.3, -0.25) is 4.79 Å². The highest BCUT2D eigenvalue weighted by Gasteiger charge is 2.49. The number of ether oxygens (including phenoxy) is 1. The lowest BCUT2D eigenvalue weighted by atomic mass is 9.56. The Bertz CT molecular complexity index is 311. The first-order valence-electron chi connectivity index (χ1n) is 6.22. The molecule has 0 aromatic carbocycles. The summed E-state index contributed by atoms with van der Waals surface area (Å²) in [6, 6.07) is 0. The van der Waals surface area contributed by atoms with Crippen molar-refractivity contribution in [3.8, 4) is 0 Å². The van der Waals surface area contributed by atoms with Gasteiger partial charge in [0.2, 0.25) is 0 Å². The molecule has 90 valence electrons. The molecular weight excluding hydrogens is 200 g/mol. The zero-order valence-electron chi connectivity index (χ0n) is 10.7. The summed E-state index contributed by atoms with van der Waals surface area (Å²) < 4.78 is 5.38. The second-order valence-corrected chi connectivity index (χ2v) is 6.35. The van der Waals surface area contributed by atoms with Gasteiger partial charge >= 0.3 is 0 Å². The highest BCUT2D eigenvalue weighted by Crippen LogP contribution is 2.52. The predicted molar refractivity (Wildman–Crippen MR) is 63.9 cm³/mol. The zero-order chi connectivity index (χ0) is 11.9. The number of fused-ring (bicyclic) bond motifs is 2. The third-order valence-electron chi connectivity index (χ3n) is 4.29. The first kappa shape index (κ1) is 11.7. The molecule has 16 heavy (non-hydrogen) atoms. The van der Waals surface area contributed by atoms with E-state index in [-0.39, 0.29) is 11.5 Å². The quantitative estimate of drug-likeness (QED) is 0.530. The molecule has 1 fully saturated rings. The Balaban J connectivity index is 2.33. The fraction of sp³-hybridized carbons (Fsp3) is 0.786. The standard InChI is InChI=1S/C14H22O2/c1-9-7-10-5-6-11(9)12(14(2,3)4)13(10)16-8-15/h7-8,10-13H,5-6H2,1-4H3. The van der Waals surface area contributed by atoms with Crippen LogP contribution < -0.4 is 0 Å². The van der Waals surface area contributed by atoms with E-state index in [1.54, 1.807) is 0 Å². The Morgan fingerprint density at radius 3 is 2.56 bits per heavy atom. The van der Waals surface area contributed by atoms with Gasteiger partial charge in [0.15, 0.2) is 0 Å². The van der Waals surface area contributed by atoms with E-state index in [0.29, 0.717) is 24.2 Å². The molecule has 0 N–H and O–H groups in total. The minimum absolute atomic E-state index is 0.0972. The SMILES string of the molecule is CC1=CC2CCC1C(C(C)(C)C)C2OC=O. The van der Waals surface area contributed by atoms with Gasteiger partial charge in [-0.1, -0.05) is 32.4 Å². The lowest BCUT2D eigenvalue weighted by Gasteiger charge is -2.51. The Morgan fingerprint density at radius 1 is 1.38 bits per heavy atom. The van der Waals surface area contributed by atoms with E-state index in [2.05, 4.69) is 33.8 Å². The third-order valence-corrected chi connectivity index (χ3v) is 4.29. The third kappa shape index (κ3) is 1.79. The average molecular weight is 222 g/mol. The van der Waals surface area contributed by atoms with Gasteiger partial charge in [0.25, 0.3) is 6.47 Å². The molecule has 2 nitrogen and oxygen atoms in total. The number of carbonyl (C=O) groups is 1. The van der Waals surface area contributed by atoms with Crippen LogP contribution in [-0.4, -0.2) is 12.6 Å². The van der Waals surface area contributed by atoms with Crippen LogP contribution in [0.3, 0.4) is 0 Å². The first-order chi connectivity index (χ1) is 7.45. The molecule has 0 aliphatic heterocycles. The summed E-state index contributed by atoms with van der Waals surface area (Å²) >= 11 is 0. The molecule has 0 heterocycles. The zero-order valence-corrected chi connectivity index (χ0v) is 10.7. The number of carbonyl (C=O) groups excluding carboxylic acids is 1. The molecule has 2 heteroatoms. The average Bonchev–Trinajstić information content (AvgIpc) is 2.18. The van der Waals surface area contributed by atoms with Crippen LogP contribution in [0.4, 0.5) is 0 Å². The van der Waals surface area contributed by atoms with Crippen molar-refractivity contribution in [2.45, 2.75) is 46.6 Å². The maximum Gasteiger partial charge on any atom is 0.293 e. The van der Waals surface area contributed by atoms with E-state index in [4.69, 9.17) is 4.74 Å². The van der Waals surface area contributed by atoms with Crippen LogP contribution in [0.15, 0.2) is 11.6 Å². The lowest BCUT2D eigenvalue weighted by Crippen LogP contribution is -2.49. The van der Waals surface area contributed by atoms with Crippen molar-refractivity contribution in [2.24, 2.45) is 23.2 Å². The summed E-state index contributed by atoms with van der Waals surface area (Å²) in [7, 11) is 0. The molecule has 3 rings (SSSR count).